The molecule has 1 atom stereocenters. The molecule has 0 unspecified atom stereocenters. The summed E-state index contributed by atoms with van der Waals surface area (Å²) in [4.78, 5) is 34.8. The average molecular weight is 462 g/mol. The summed E-state index contributed by atoms with van der Waals surface area (Å²) in [7, 11) is 1.39. The van der Waals surface area contributed by atoms with E-state index >= 15 is 0 Å². The zero-order valence-corrected chi connectivity index (χ0v) is 19.2. The van der Waals surface area contributed by atoms with Gasteiger partial charge >= 0.3 is 0 Å². The van der Waals surface area contributed by atoms with Gasteiger partial charge < -0.3 is 15.7 Å². The maximum Gasteiger partial charge on any atom is 0.294 e. The van der Waals surface area contributed by atoms with Crippen molar-refractivity contribution in [1.82, 2.24) is 25.7 Å². The van der Waals surface area contributed by atoms with E-state index in [-0.39, 0.29) is 12.1 Å². The Kier molecular flexibility index (Phi) is 7.81. The first-order chi connectivity index (χ1) is 16.3. The number of nitrogens with one attached hydrogen (secondary N) is 3. The number of carbonyl (C=O) groups excluding carboxylic acids is 3. The number of aliphatic hydroxyl groups is 1. The van der Waals surface area contributed by atoms with Crippen molar-refractivity contribution in [3.05, 3.63) is 89.1 Å². The normalized spacial score (nSPS) is 12.3. The van der Waals surface area contributed by atoms with Crippen molar-refractivity contribution in [3.63, 3.8) is 0 Å². The highest BCUT2D eigenvalue weighted by atomic mass is 16.3. The molecule has 3 rings (SSSR count). The second-order valence-electron chi connectivity index (χ2n) is 7.69. The van der Waals surface area contributed by atoms with Crippen LogP contribution in [0.5, 0.6) is 0 Å². The number of aliphatic hydroxyl groups excluding tert-OH is 1. The number of amides is 3. The molecule has 2 aromatic carbocycles. The monoisotopic (exact) mass is 461 g/mol. The van der Waals surface area contributed by atoms with Gasteiger partial charge in [-0.25, -0.2) is 0 Å². The number of hydrogen-bond acceptors (Lipinski definition) is 6. The first-order valence-corrected chi connectivity index (χ1v) is 10.7. The Bertz CT molecular complexity index is 1220. The lowest BCUT2D eigenvalue weighted by atomic mass is 9.95. The predicted molar refractivity (Wildman–Crippen MR) is 127 cm³/mol. The van der Waals surface area contributed by atoms with E-state index in [0.717, 1.165) is 27.8 Å². The van der Waals surface area contributed by atoms with Crippen LogP contribution in [0, 0.1) is 6.92 Å². The number of carbonyl (C=O) groups is 3. The largest absolute Gasteiger partial charge is 0.501 e. The van der Waals surface area contributed by atoms with Gasteiger partial charge in [0.05, 0.1) is 18.8 Å². The van der Waals surface area contributed by atoms with Crippen LogP contribution in [0.15, 0.2) is 72.4 Å². The molecule has 3 amide bonds. The molecule has 1 heterocycles. The molecule has 9 heteroatoms. The van der Waals surface area contributed by atoms with Crippen LogP contribution in [0.2, 0.25) is 0 Å². The molecule has 1 aromatic heterocycles. The number of rotatable bonds is 9. The molecule has 0 radical (unpaired) electrons. The highest BCUT2D eigenvalue weighted by Crippen LogP contribution is 2.29. The van der Waals surface area contributed by atoms with Crippen LogP contribution in [0.1, 0.15) is 29.7 Å². The van der Waals surface area contributed by atoms with Gasteiger partial charge in [-0.05, 0) is 36.1 Å². The van der Waals surface area contributed by atoms with Gasteiger partial charge in [0.2, 0.25) is 12.2 Å². The molecule has 0 aliphatic heterocycles. The van der Waals surface area contributed by atoms with Crippen LogP contribution in [0.25, 0.3) is 11.1 Å². The Hall–Kier alpha value is -4.40. The Balaban J connectivity index is 1.80. The van der Waals surface area contributed by atoms with Crippen molar-refractivity contribution in [2.45, 2.75) is 26.4 Å². The number of benzene rings is 2. The van der Waals surface area contributed by atoms with Gasteiger partial charge in [0.1, 0.15) is 5.70 Å². The number of hydrogen-bond donors (Lipinski definition) is 4. The van der Waals surface area contributed by atoms with Crippen LogP contribution in [-0.2, 0) is 20.9 Å². The first-order valence-electron chi connectivity index (χ1n) is 10.7. The lowest BCUT2D eigenvalue weighted by molar-refractivity contribution is -0.125. The summed E-state index contributed by atoms with van der Waals surface area (Å²) in [6, 6.07) is 15.4. The zero-order chi connectivity index (χ0) is 24.7. The molecule has 9 nitrogen and oxygen atoms in total. The van der Waals surface area contributed by atoms with E-state index in [2.05, 4.69) is 15.7 Å². The minimum atomic E-state index is -1.08. The maximum atomic E-state index is 12.7. The average Bonchev–Trinajstić information content (AvgIpc) is 3.28. The van der Waals surface area contributed by atoms with E-state index in [1.165, 1.54) is 7.05 Å². The Labute approximate surface area is 197 Å². The lowest BCUT2D eigenvalue weighted by Crippen LogP contribution is -2.36. The number of likely N-dealkylation sites (N-methyl/N-ethyl adjacent to an activating group) is 1. The minimum Gasteiger partial charge on any atom is -0.501 e. The number of nitrogens with zero attached hydrogens (tertiary/aromatic N) is 2. The molecule has 0 aliphatic rings. The molecule has 34 heavy (non-hydrogen) atoms. The summed E-state index contributed by atoms with van der Waals surface area (Å²) in [5, 5.41) is 21.5. The molecule has 3 aromatic rings. The smallest absolute Gasteiger partial charge is 0.294 e. The molecular weight excluding hydrogens is 434 g/mol. The molecule has 0 aliphatic carbocycles. The van der Waals surface area contributed by atoms with Crippen molar-refractivity contribution in [2.75, 3.05) is 7.05 Å². The standard InChI is InChI=1S/C25H27N5O4/c1-16-20(17(2)29-24(33)22(26-3)23(32)25(34)27-15-31)10-7-11-21(16)19-12-28-30(14-19)13-18-8-5-4-6-9-18/h4-12,14-15,17,26,32H,13H2,1-3H3,(H,29,33)(H,27,31,34)/b23-22+/t17-/m1/s1. The van der Waals surface area contributed by atoms with Gasteiger partial charge in [-0.15, -0.1) is 0 Å². The van der Waals surface area contributed by atoms with Crippen molar-refractivity contribution in [1.29, 1.82) is 0 Å². The third-order valence-electron chi connectivity index (χ3n) is 5.44. The fourth-order valence-electron chi connectivity index (χ4n) is 3.72. The quantitative estimate of drug-likeness (QED) is 0.220. The van der Waals surface area contributed by atoms with E-state index in [4.69, 9.17) is 0 Å². The summed E-state index contributed by atoms with van der Waals surface area (Å²) in [6.07, 6.45) is 3.92. The van der Waals surface area contributed by atoms with Crippen molar-refractivity contribution >= 4 is 18.2 Å². The van der Waals surface area contributed by atoms with Crippen LogP contribution in [0.4, 0.5) is 0 Å². The van der Waals surface area contributed by atoms with E-state index in [9.17, 15) is 19.5 Å². The molecule has 0 saturated carbocycles. The van der Waals surface area contributed by atoms with E-state index in [1.807, 2.05) is 72.5 Å². The minimum absolute atomic E-state index is 0.128. The van der Waals surface area contributed by atoms with Crippen molar-refractivity contribution < 1.29 is 19.5 Å². The van der Waals surface area contributed by atoms with Crippen LogP contribution >= 0.6 is 0 Å². The second kappa shape index (κ2) is 11.0. The summed E-state index contributed by atoms with van der Waals surface area (Å²) in [6.45, 7) is 4.43. The summed E-state index contributed by atoms with van der Waals surface area (Å²) in [5.41, 5.74) is 4.57. The molecule has 176 valence electrons. The predicted octanol–water partition coefficient (Wildman–Crippen LogP) is 2.35. The van der Waals surface area contributed by atoms with Crippen LogP contribution in [0.3, 0.4) is 0 Å². The molecule has 4 N–H and O–H groups in total. The van der Waals surface area contributed by atoms with Crippen LogP contribution in [-0.4, -0.2) is 40.2 Å². The Morgan fingerprint density at radius 2 is 1.85 bits per heavy atom. The first kappa shape index (κ1) is 24.2. The highest BCUT2D eigenvalue weighted by Gasteiger charge is 2.22. The SMILES string of the molecule is CN/C(C(=O)N[C@H](C)c1cccc(-c2cnn(Cc3ccccc3)c2)c1C)=C(/O)C(=O)NC=O. The summed E-state index contributed by atoms with van der Waals surface area (Å²) >= 11 is 0. The lowest BCUT2D eigenvalue weighted by Gasteiger charge is -2.19. The van der Waals surface area contributed by atoms with Gasteiger partial charge in [-0.1, -0.05) is 48.5 Å². The van der Waals surface area contributed by atoms with Gasteiger partial charge in [0, 0.05) is 18.8 Å². The van der Waals surface area contributed by atoms with Gasteiger partial charge in [-0.3, -0.25) is 24.4 Å². The molecular formula is C25H27N5O4. The van der Waals surface area contributed by atoms with Gasteiger partial charge in [0.15, 0.2) is 0 Å². The summed E-state index contributed by atoms with van der Waals surface area (Å²) < 4.78 is 1.87. The fraction of sp³-hybridized carbons (Fsp3) is 0.200. The van der Waals surface area contributed by atoms with Gasteiger partial charge in [-0.2, -0.15) is 5.10 Å². The zero-order valence-electron chi connectivity index (χ0n) is 19.2. The number of imide groups is 1. The third kappa shape index (κ3) is 5.50. The highest BCUT2D eigenvalue weighted by molar-refractivity contribution is 6.05. The second-order valence-corrected chi connectivity index (χ2v) is 7.69. The van der Waals surface area contributed by atoms with E-state index < -0.39 is 23.6 Å². The van der Waals surface area contributed by atoms with Gasteiger partial charge in [0.25, 0.3) is 11.8 Å². The fourth-order valence-corrected chi connectivity index (χ4v) is 3.72. The van der Waals surface area contributed by atoms with Crippen molar-refractivity contribution in [2.24, 2.45) is 0 Å². The van der Waals surface area contributed by atoms with E-state index in [0.29, 0.717) is 6.54 Å². The topological polar surface area (TPSA) is 125 Å². The third-order valence-corrected chi connectivity index (χ3v) is 5.44. The molecule has 0 saturated heterocycles. The Morgan fingerprint density at radius 1 is 1.12 bits per heavy atom. The molecule has 0 spiro atoms. The van der Waals surface area contributed by atoms with E-state index in [1.54, 1.807) is 12.2 Å². The summed E-state index contributed by atoms with van der Waals surface area (Å²) in [5.74, 6) is -2.64. The Morgan fingerprint density at radius 3 is 2.53 bits per heavy atom. The number of aromatic nitrogens is 2. The molecule has 0 fully saturated rings. The van der Waals surface area contributed by atoms with Crippen molar-refractivity contribution in [3.8, 4) is 11.1 Å². The van der Waals surface area contributed by atoms with Crippen LogP contribution < -0.4 is 16.0 Å². The molecule has 0 bridgehead atoms. The maximum absolute atomic E-state index is 12.7.